The van der Waals surface area contributed by atoms with Crippen LogP contribution < -0.4 is 4.74 Å². The zero-order valence-electron chi connectivity index (χ0n) is 13.3. The van der Waals surface area contributed by atoms with Crippen molar-refractivity contribution >= 4 is 22.7 Å². The van der Waals surface area contributed by atoms with Crippen LogP contribution in [0.25, 0.3) is 10.8 Å². The summed E-state index contributed by atoms with van der Waals surface area (Å²) in [6, 6.07) is 10.7. The number of carbonyl (C=O) groups is 1. The van der Waals surface area contributed by atoms with E-state index < -0.39 is 12.1 Å². The minimum Gasteiger partial charge on any atom is -0.497 e. The molecule has 0 aliphatic heterocycles. The van der Waals surface area contributed by atoms with Gasteiger partial charge in [0.05, 0.1) is 19.3 Å². The van der Waals surface area contributed by atoms with E-state index in [-0.39, 0.29) is 5.76 Å². The van der Waals surface area contributed by atoms with Crippen LogP contribution in [0.5, 0.6) is 5.75 Å². The van der Waals surface area contributed by atoms with Crippen LogP contribution in [0.15, 0.2) is 42.2 Å². The Morgan fingerprint density at radius 2 is 2.04 bits per heavy atom. The van der Waals surface area contributed by atoms with E-state index >= 15 is 0 Å². The topological polar surface area (TPSA) is 61.8 Å². The van der Waals surface area contributed by atoms with Gasteiger partial charge in [-0.05, 0) is 48.9 Å². The smallest absolute Gasteiger partial charge is 0.339 e. The molecule has 0 spiro atoms. The third-order valence-corrected chi connectivity index (χ3v) is 3.36. The number of ether oxygens (including phenoxy) is 3. The zero-order chi connectivity index (χ0) is 16.8. The van der Waals surface area contributed by atoms with Crippen LogP contribution in [0.2, 0.25) is 0 Å². The third kappa shape index (κ3) is 3.71. The monoisotopic (exact) mass is 314 g/mol. The van der Waals surface area contributed by atoms with Gasteiger partial charge in [0.25, 0.3) is 0 Å². The summed E-state index contributed by atoms with van der Waals surface area (Å²) in [5, 5.41) is 1.61. The van der Waals surface area contributed by atoms with Gasteiger partial charge in [-0.1, -0.05) is 12.1 Å². The van der Waals surface area contributed by atoms with Crippen LogP contribution in [0.1, 0.15) is 24.2 Å². The van der Waals surface area contributed by atoms with Crippen molar-refractivity contribution < 1.29 is 23.8 Å². The van der Waals surface area contributed by atoms with Gasteiger partial charge in [0.2, 0.25) is 5.76 Å². The number of hydrogen-bond acceptors (Lipinski definition) is 5. The van der Waals surface area contributed by atoms with Gasteiger partial charge < -0.3 is 14.2 Å². The maximum Gasteiger partial charge on any atom is 0.339 e. The fraction of sp³-hybridized carbons (Fsp3) is 0.278. The molecule has 0 N–H and O–H groups in total. The Balaban J connectivity index is 2.29. The molecule has 120 valence electrons. The molecule has 2 aromatic rings. The molecule has 0 saturated carbocycles. The Labute approximate surface area is 134 Å². The fourth-order valence-electron chi connectivity index (χ4n) is 2.23. The van der Waals surface area contributed by atoms with Crippen LogP contribution >= 0.6 is 0 Å². The number of rotatable bonds is 6. The first-order valence-electron chi connectivity index (χ1n) is 7.26. The van der Waals surface area contributed by atoms with E-state index in [9.17, 15) is 9.59 Å². The lowest BCUT2D eigenvalue weighted by Crippen LogP contribution is -2.19. The van der Waals surface area contributed by atoms with Crippen molar-refractivity contribution in [1.29, 1.82) is 0 Å². The maximum absolute atomic E-state index is 12.4. The Bertz CT molecular complexity index is 759. The van der Waals surface area contributed by atoms with Crippen molar-refractivity contribution in [1.82, 2.24) is 0 Å². The van der Waals surface area contributed by atoms with Crippen LogP contribution in [0.4, 0.5) is 0 Å². The van der Waals surface area contributed by atoms with E-state index in [4.69, 9.17) is 14.2 Å². The van der Waals surface area contributed by atoms with Gasteiger partial charge >= 0.3 is 5.97 Å². The summed E-state index contributed by atoms with van der Waals surface area (Å²) in [5.41, 5.74) is 0.416. The Morgan fingerprint density at radius 3 is 2.70 bits per heavy atom. The molecule has 1 atom stereocenters. The third-order valence-electron chi connectivity index (χ3n) is 3.36. The normalized spacial score (nSPS) is 11.4. The van der Waals surface area contributed by atoms with Crippen molar-refractivity contribution in [2.24, 2.45) is 0 Å². The van der Waals surface area contributed by atoms with Crippen molar-refractivity contribution in [3.8, 4) is 5.75 Å². The highest BCUT2D eigenvalue weighted by molar-refractivity contribution is 6.04. The summed E-state index contributed by atoms with van der Waals surface area (Å²) < 4.78 is 15.6. The first-order chi connectivity index (χ1) is 11.1. The molecule has 5 nitrogen and oxygen atoms in total. The van der Waals surface area contributed by atoms with E-state index in [1.54, 1.807) is 51.2 Å². The first-order valence-corrected chi connectivity index (χ1v) is 7.26. The van der Waals surface area contributed by atoms with E-state index in [0.717, 1.165) is 10.8 Å². The molecule has 2 rings (SSSR count). The summed E-state index contributed by atoms with van der Waals surface area (Å²) in [6.07, 6.45) is -0.798. The van der Waals surface area contributed by atoms with Crippen molar-refractivity contribution in [3.05, 3.63) is 47.7 Å². The van der Waals surface area contributed by atoms with E-state index in [1.807, 2.05) is 12.1 Å². The molecule has 0 saturated heterocycles. The lowest BCUT2D eigenvalue weighted by molar-refractivity contribution is 0.0283. The van der Waals surface area contributed by atoms with Crippen LogP contribution in [-0.4, -0.2) is 31.7 Å². The highest BCUT2D eigenvalue weighted by atomic mass is 16.6. The second kappa shape index (κ2) is 7.47. The van der Waals surface area contributed by atoms with Gasteiger partial charge in [0, 0.05) is 0 Å². The molecule has 0 radical (unpaired) electrons. The quantitative estimate of drug-likeness (QED) is 0.466. The maximum atomic E-state index is 12.4. The van der Waals surface area contributed by atoms with Gasteiger partial charge in [-0.3, -0.25) is 0 Å². The highest BCUT2D eigenvalue weighted by Crippen LogP contribution is 2.25. The number of methoxy groups -OCH3 is 1. The van der Waals surface area contributed by atoms with Gasteiger partial charge in [-0.25, -0.2) is 9.59 Å². The number of benzene rings is 2. The van der Waals surface area contributed by atoms with Crippen molar-refractivity contribution in [2.45, 2.75) is 20.0 Å². The molecular formula is C18H18O5. The van der Waals surface area contributed by atoms with Crippen LogP contribution in [0, 0.1) is 0 Å². The molecule has 0 heterocycles. The van der Waals surface area contributed by atoms with Gasteiger partial charge in [0.15, 0.2) is 12.0 Å². The molecule has 0 aliphatic rings. The molecule has 5 heteroatoms. The van der Waals surface area contributed by atoms with Crippen molar-refractivity contribution in [3.63, 3.8) is 0 Å². The number of esters is 1. The molecule has 0 amide bonds. The average molecular weight is 314 g/mol. The minimum atomic E-state index is -0.798. The predicted molar refractivity (Wildman–Crippen MR) is 86.2 cm³/mol. The summed E-state index contributed by atoms with van der Waals surface area (Å²) in [7, 11) is 1.59. The summed E-state index contributed by atoms with van der Waals surface area (Å²) in [6.45, 7) is 3.62. The molecule has 1 unspecified atom stereocenters. The van der Waals surface area contributed by atoms with Crippen LogP contribution in [0.3, 0.4) is 0 Å². The van der Waals surface area contributed by atoms with E-state index in [1.165, 1.54) is 0 Å². The zero-order valence-corrected chi connectivity index (χ0v) is 13.3. The highest BCUT2D eigenvalue weighted by Gasteiger charge is 2.19. The summed E-state index contributed by atoms with van der Waals surface area (Å²) in [5.74, 6) is 1.82. The molecule has 0 fully saturated rings. The summed E-state index contributed by atoms with van der Waals surface area (Å²) >= 11 is 0. The minimum absolute atomic E-state index is 0.0252. The molecular weight excluding hydrogens is 296 g/mol. The van der Waals surface area contributed by atoms with Gasteiger partial charge in [0.1, 0.15) is 5.75 Å². The number of hydrogen-bond donors (Lipinski definition) is 0. The second-order valence-electron chi connectivity index (χ2n) is 4.84. The molecule has 23 heavy (non-hydrogen) atoms. The van der Waals surface area contributed by atoms with Gasteiger partial charge in [-0.2, -0.15) is 0 Å². The van der Waals surface area contributed by atoms with Crippen LogP contribution in [-0.2, 0) is 14.3 Å². The fourth-order valence-corrected chi connectivity index (χ4v) is 2.23. The molecule has 2 aromatic carbocycles. The van der Waals surface area contributed by atoms with E-state index in [2.05, 4.69) is 0 Å². The summed E-state index contributed by atoms with van der Waals surface area (Å²) in [4.78, 5) is 23.2. The van der Waals surface area contributed by atoms with Crippen molar-refractivity contribution in [2.75, 3.05) is 13.7 Å². The first kappa shape index (κ1) is 16.6. The number of carbonyl (C=O) groups excluding carboxylic acids is 2. The largest absolute Gasteiger partial charge is 0.497 e. The SMILES string of the molecule is CCOC(=C=O)C(C)OC(=O)c1cccc2cc(OC)ccc12. The average Bonchev–Trinajstić information content (AvgIpc) is 2.58. The molecule has 0 aromatic heterocycles. The predicted octanol–water partition coefficient (Wildman–Crippen LogP) is 3.15. The van der Waals surface area contributed by atoms with Gasteiger partial charge in [-0.15, -0.1) is 0 Å². The number of fused-ring (bicyclic) bond motifs is 1. The standard InChI is InChI=1S/C18H18O5/c1-4-22-17(11-19)12(2)23-18(20)16-7-5-6-13-10-14(21-3)8-9-15(13)16/h5-10,12H,4H2,1-3H3. The van der Waals surface area contributed by atoms with E-state index in [0.29, 0.717) is 17.9 Å². The Morgan fingerprint density at radius 1 is 1.26 bits per heavy atom. The Kier molecular flexibility index (Phi) is 5.39. The molecule has 0 bridgehead atoms. The molecule has 0 aliphatic carbocycles. The lowest BCUT2D eigenvalue weighted by Gasteiger charge is -2.15. The lowest BCUT2D eigenvalue weighted by atomic mass is 10.0. The Hall–Kier alpha value is -2.78. The second-order valence-corrected chi connectivity index (χ2v) is 4.84.